The molecule has 1 aromatic rings. The van der Waals surface area contributed by atoms with E-state index in [1.165, 1.54) is 3.21 Å². The van der Waals surface area contributed by atoms with E-state index in [2.05, 4.69) is 37.2 Å². The Morgan fingerprint density at radius 2 is 1.78 bits per heavy atom. The summed E-state index contributed by atoms with van der Waals surface area (Å²) < 4.78 is 1.51. The molecule has 0 fully saturated rings. The van der Waals surface area contributed by atoms with E-state index in [9.17, 15) is 0 Å². The number of hydrogen-bond donors (Lipinski definition) is 1. The normalized spacial score (nSPS) is 8.50. The van der Waals surface area contributed by atoms with Crippen molar-refractivity contribution in [1.29, 1.82) is 0 Å². The number of H-pyrrole nitrogens is 1. The minimum atomic E-state index is 0. The zero-order chi connectivity index (χ0) is 10.6. The summed E-state index contributed by atoms with van der Waals surface area (Å²) in [5.41, 5.74) is 0. The molecule has 1 aromatic heterocycles. The average Bonchev–Trinajstić information content (AvgIpc) is 2.83. The third-order valence-corrected chi connectivity index (χ3v) is 1.03. The van der Waals surface area contributed by atoms with Crippen LogP contribution >= 0.6 is 24.8 Å². The summed E-state index contributed by atoms with van der Waals surface area (Å²) >= 11 is 1.55. The quantitative estimate of drug-likeness (QED) is 0.645. The Morgan fingerprint density at radius 1 is 1.22 bits per heavy atom. The summed E-state index contributed by atoms with van der Waals surface area (Å²) in [6.07, 6.45) is 14.6. The van der Waals surface area contributed by atoms with Crippen LogP contribution in [-0.2, 0) is 24.2 Å². The Balaban J connectivity index is -0.0000000426. The van der Waals surface area contributed by atoms with Crippen LogP contribution in [-0.4, -0.2) is 8.19 Å². The standard InChI is InChI=1S/C5H5.C4H4N.C3H6.2CH3.2ClH.Zr/c2*1-2-4-5-3-1;1-3-2;;;;;/h1-3H,4H2;1-3,5H;1-2H3;2*1H3;2*1H;/q2*-1;;2*-1;;;. The number of hydrogen-bond acceptors (Lipinski definition) is 0. The van der Waals surface area contributed by atoms with E-state index < -0.39 is 0 Å². The van der Waals surface area contributed by atoms with Crippen LogP contribution in [0.2, 0.25) is 0 Å². The van der Waals surface area contributed by atoms with Crippen LogP contribution in [0.3, 0.4) is 0 Å². The first-order valence-electron chi connectivity index (χ1n) is 4.46. The molecular formula is C14H23Cl2NZr-4. The van der Waals surface area contributed by atoms with Crippen molar-refractivity contribution in [2.75, 3.05) is 0 Å². The molecule has 0 aliphatic heterocycles. The van der Waals surface area contributed by atoms with E-state index in [1.807, 2.05) is 30.5 Å². The Kier molecular flexibility index (Phi) is 44.2. The SMILES string of the molecule is C[C](C)=[Zr].Cl.Cl.[C-]1=CC=CC1.[CH3-].[CH3-].[c-]1ccc[nH]1. The van der Waals surface area contributed by atoms with Gasteiger partial charge in [-0.25, -0.2) is 12.2 Å². The third-order valence-electron chi connectivity index (χ3n) is 1.03. The summed E-state index contributed by atoms with van der Waals surface area (Å²) in [4.78, 5) is 2.74. The number of allylic oxidation sites excluding steroid dienone is 4. The Bertz CT molecular complexity index is 249. The molecule has 0 unspecified atom stereocenters. The first kappa shape index (κ1) is 30.8. The molecule has 0 spiro atoms. The number of halogens is 2. The topological polar surface area (TPSA) is 15.8 Å². The summed E-state index contributed by atoms with van der Waals surface area (Å²) in [7, 11) is 0. The van der Waals surface area contributed by atoms with Gasteiger partial charge in [0.05, 0.1) is 0 Å². The largest absolute Gasteiger partial charge is 0.484 e. The molecule has 0 aromatic carbocycles. The summed E-state index contributed by atoms with van der Waals surface area (Å²) in [5, 5.41) is 0. The molecule has 1 heterocycles. The van der Waals surface area contributed by atoms with Crippen LogP contribution in [0.15, 0.2) is 36.6 Å². The molecule has 1 aliphatic rings. The van der Waals surface area contributed by atoms with E-state index in [1.54, 1.807) is 24.2 Å². The number of aromatic nitrogens is 1. The third kappa shape index (κ3) is 36.0. The van der Waals surface area contributed by atoms with E-state index in [-0.39, 0.29) is 39.7 Å². The van der Waals surface area contributed by atoms with Crippen LogP contribution in [0.5, 0.6) is 0 Å². The van der Waals surface area contributed by atoms with Gasteiger partial charge < -0.3 is 19.8 Å². The van der Waals surface area contributed by atoms with Crippen molar-refractivity contribution in [2.24, 2.45) is 0 Å². The molecule has 1 nitrogen and oxygen atoms in total. The second kappa shape index (κ2) is 25.8. The monoisotopic (exact) mass is 365 g/mol. The minimum Gasteiger partial charge on any atom is -0.484 e. The Labute approximate surface area is 140 Å². The maximum Gasteiger partial charge on any atom is -0.108 e. The zero-order valence-electron chi connectivity index (χ0n) is 11.5. The molecule has 0 radical (unpaired) electrons. The van der Waals surface area contributed by atoms with Crippen molar-refractivity contribution in [2.45, 2.75) is 20.3 Å². The van der Waals surface area contributed by atoms with Crippen LogP contribution in [0.4, 0.5) is 0 Å². The molecule has 0 saturated carbocycles. The molecule has 0 amide bonds. The van der Waals surface area contributed by atoms with Crippen molar-refractivity contribution in [1.82, 2.24) is 4.98 Å². The molecular weight excluding hydrogens is 344 g/mol. The Morgan fingerprint density at radius 3 is 1.89 bits per heavy atom. The molecule has 1 aliphatic carbocycles. The molecule has 2 rings (SSSR count). The average molecular weight is 367 g/mol. The zero-order valence-corrected chi connectivity index (χ0v) is 15.6. The van der Waals surface area contributed by atoms with Gasteiger partial charge in [0, 0.05) is 0 Å². The van der Waals surface area contributed by atoms with Gasteiger partial charge in [-0.15, -0.1) is 37.4 Å². The van der Waals surface area contributed by atoms with Crippen molar-refractivity contribution >= 4 is 28.0 Å². The van der Waals surface area contributed by atoms with Crippen molar-refractivity contribution in [3.8, 4) is 0 Å². The number of aromatic amines is 1. The summed E-state index contributed by atoms with van der Waals surface area (Å²) in [6.45, 7) is 4.25. The van der Waals surface area contributed by atoms with E-state index in [0.717, 1.165) is 6.42 Å². The van der Waals surface area contributed by atoms with Crippen molar-refractivity contribution in [3.05, 3.63) is 63.7 Å². The predicted molar refractivity (Wildman–Crippen MR) is 84.9 cm³/mol. The van der Waals surface area contributed by atoms with Gasteiger partial charge in [-0.3, -0.25) is 6.08 Å². The van der Waals surface area contributed by atoms with E-state index in [0.29, 0.717) is 0 Å². The van der Waals surface area contributed by atoms with Crippen molar-refractivity contribution < 1.29 is 24.2 Å². The van der Waals surface area contributed by atoms with Gasteiger partial charge in [-0.1, -0.05) is 0 Å². The maximum atomic E-state index is 2.99. The number of nitrogens with one attached hydrogen (secondary N) is 1. The molecule has 106 valence electrons. The molecule has 0 saturated heterocycles. The second-order valence-corrected chi connectivity index (χ2v) is 5.28. The van der Waals surface area contributed by atoms with Gasteiger partial charge in [0.1, 0.15) is 0 Å². The van der Waals surface area contributed by atoms with Crippen molar-refractivity contribution in [3.63, 3.8) is 0 Å². The van der Waals surface area contributed by atoms with E-state index >= 15 is 0 Å². The van der Waals surface area contributed by atoms with Gasteiger partial charge in [0.15, 0.2) is 0 Å². The minimum absolute atomic E-state index is 0. The summed E-state index contributed by atoms with van der Waals surface area (Å²) in [6, 6.07) is 3.71. The fraction of sp³-hybridized carbons (Fsp3) is 0.214. The van der Waals surface area contributed by atoms with Gasteiger partial charge in [0.2, 0.25) is 0 Å². The van der Waals surface area contributed by atoms with Crippen LogP contribution in [0, 0.1) is 27.1 Å². The van der Waals surface area contributed by atoms with Crippen LogP contribution in [0.1, 0.15) is 20.3 Å². The molecule has 0 atom stereocenters. The fourth-order valence-electron chi connectivity index (χ4n) is 0.581. The van der Waals surface area contributed by atoms with Crippen LogP contribution < -0.4 is 0 Å². The van der Waals surface area contributed by atoms with Gasteiger partial charge in [-0.2, -0.15) is 24.4 Å². The van der Waals surface area contributed by atoms with Gasteiger partial charge >= 0.3 is 41.3 Å². The Hall–Kier alpha value is 0.0931. The molecule has 18 heavy (non-hydrogen) atoms. The molecule has 0 bridgehead atoms. The summed E-state index contributed by atoms with van der Waals surface area (Å²) in [5.74, 6) is 0. The van der Waals surface area contributed by atoms with Gasteiger partial charge in [0.25, 0.3) is 0 Å². The molecule has 4 heteroatoms. The molecule has 1 N–H and O–H groups in total. The van der Waals surface area contributed by atoms with Crippen LogP contribution in [0.25, 0.3) is 0 Å². The fourth-order valence-corrected chi connectivity index (χ4v) is 0.581. The first-order valence-corrected chi connectivity index (χ1v) is 5.69. The second-order valence-electron chi connectivity index (χ2n) is 2.82. The predicted octanol–water partition coefficient (Wildman–Crippen LogP) is 4.61. The van der Waals surface area contributed by atoms with E-state index in [4.69, 9.17) is 0 Å². The number of rotatable bonds is 0. The first-order chi connectivity index (χ1) is 6.73. The smallest absolute Gasteiger partial charge is 0.108 e. The maximum absolute atomic E-state index is 2.99. The van der Waals surface area contributed by atoms with Gasteiger partial charge in [-0.05, 0) is 0 Å².